The third-order valence-electron chi connectivity index (χ3n) is 4.51. The molecule has 0 saturated carbocycles. The lowest BCUT2D eigenvalue weighted by atomic mass is 10.0. The Kier molecular flexibility index (Phi) is 8.45. The van der Waals surface area contributed by atoms with E-state index in [-0.39, 0.29) is 19.8 Å². The molecule has 1 aliphatic rings. The molecule has 0 aromatic heterocycles. The lowest BCUT2D eigenvalue weighted by Crippen LogP contribution is -2.56. The number of rotatable bonds is 10. The van der Waals surface area contributed by atoms with Crippen molar-refractivity contribution in [1.29, 1.82) is 0 Å². The minimum Gasteiger partial charge on any atom is -0.388 e. The topological polar surface area (TPSA) is 106 Å². The van der Waals surface area contributed by atoms with Gasteiger partial charge in [-0.05, 0) is 16.7 Å². The van der Waals surface area contributed by atoms with E-state index in [0.717, 1.165) is 11.1 Å². The summed E-state index contributed by atoms with van der Waals surface area (Å²) in [5.41, 5.74) is 10.4. The summed E-state index contributed by atoms with van der Waals surface area (Å²) in [5.74, 6) is 0. The summed E-state index contributed by atoms with van der Waals surface area (Å²) < 4.78 is 23.5. The molecule has 2 aromatic carbocycles. The van der Waals surface area contributed by atoms with Crippen molar-refractivity contribution >= 4 is 0 Å². The average molecular weight is 399 g/mol. The van der Waals surface area contributed by atoms with Crippen molar-refractivity contribution in [2.45, 2.75) is 37.8 Å². The smallest absolute Gasteiger partial charge is 0.186 e. The third kappa shape index (κ3) is 6.54. The van der Waals surface area contributed by atoms with Gasteiger partial charge in [-0.15, -0.1) is 0 Å². The maximum absolute atomic E-state index is 10.5. The van der Waals surface area contributed by atoms with Crippen LogP contribution in [0.15, 0.2) is 65.8 Å². The molecule has 1 aliphatic heterocycles. The second kappa shape index (κ2) is 11.5. The van der Waals surface area contributed by atoms with Crippen molar-refractivity contribution in [1.82, 2.24) is 0 Å². The van der Waals surface area contributed by atoms with E-state index in [1.807, 2.05) is 60.7 Å². The normalized spacial score (nSPS) is 24.0. The van der Waals surface area contributed by atoms with Crippen molar-refractivity contribution in [2.24, 2.45) is 5.11 Å². The van der Waals surface area contributed by atoms with Gasteiger partial charge in [0.05, 0.1) is 26.4 Å². The molecule has 1 N–H and O–H groups in total. The van der Waals surface area contributed by atoms with Crippen molar-refractivity contribution in [3.63, 3.8) is 0 Å². The number of hydrogen-bond donors (Lipinski definition) is 1. The molecular formula is C21H25N3O5. The van der Waals surface area contributed by atoms with E-state index < -0.39 is 24.6 Å². The van der Waals surface area contributed by atoms with Gasteiger partial charge in [0.25, 0.3) is 0 Å². The van der Waals surface area contributed by atoms with Crippen LogP contribution in [-0.4, -0.2) is 49.5 Å². The monoisotopic (exact) mass is 399 g/mol. The number of benzene rings is 2. The predicted molar refractivity (Wildman–Crippen MR) is 106 cm³/mol. The summed E-state index contributed by atoms with van der Waals surface area (Å²) >= 11 is 0. The van der Waals surface area contributed by atoms with Gasteiger partial charge in [0.15, 0.2) is 6.29 Å². The van der Waals surface area contributed by atoms with Gasteiger partial charge in [-0.25, -0.2) is 0 Å². The number of azide groups is 1. The first-order chi connectivity index (χ1) is 14.3. The zero-order valence-electron chi connectivity index (χ0n) is 16.0. The summed E-state index contributed by atoms with van der Waals surface area (Å²) in [7, 11) is 0. The lowest BCUT2D eigenvalue weighted by molar-refractivity contribution is -0.292. The second-order valence-electron chi connectivity index (χ2n) is 6.62. The first-order valence-electron chi connectivity index (χ1n) is 9.51. The minimum atomic E-state index is -0.850. The molecule has 29 heavy (non-hydrogen) atoms. The number of hydrogen-bond acceptors (Lipinski definition) is 6. The maximum Gasteiger partial charge on any atom is 0.186 e. The Morgan fingerprint density at radius 3 is 2.10 bits per heavy atom. The zero-order chi connectivity index (χ0) is 20.3. The van der Waals surface area contributed by atoms with Crippen LogP contribution in [0.25, 0.3) is 10.4 Å². The highest BCUT2D eigenvalue weighted by molar-refractivity contribution is 5.14. The van der Waals surface area contributed by atoms with Gasteiger partial charge in [-0.3, -0.25) is 0 Å². The molecule has 0 amide bonds. The van der Waals surface area contributed by atoms with Crippen LogP contribution in [0.3, 0.4) is 0 Å². The number of aliphatic hydroxyl groups is 1. The molecule has 0 unspecified atom stereocenters. The second-order valence-corrected chi connectivity index (χ2v) is 6.62. The summed E-state index contributed by atoms with van der Waals surface area (Å²) in [6, 6.07) is 19.4. The molecule has 2 aromatic rings. The van der Waals surface area contributed by atoms with E-state index in [1.54, 1.807) is 0 Å². The maximum atomic E-state index is 10.5. The predicted octanol–water partition coefficient (Wildman–Crippen LogP) is 3.20. The fourth-order valence-electron chi connectivity index (χ4n) is 3.07. The summed E-state index contributed by atoms with van der Waals surface area (Å²) in [6.07, 6.45) is -2.86. The molecule has 3 rings (SSSR count). The Bertz CT molecular complexity index is 770. The van der Waals surface area contributed by atoms with E-state index in [2.05, 4.69) is 10.0 Å². The summed E-state index contributed by atoms with van der Waals surface area (Å²) in [4.78, 5) is 2.71. The standard InChI is InChI=1S/C21H25N3O5/c22-24-23-11-12-26-21-20(28-14-17-9-5-2-6-10-17)19(18(25)15-29-21)27-13-16-7-3-1-4-8-16/h1-10,18-21,25H,11-15H2/t18-,19+,20-,21-/m1/s1. The van der Waals surface area contributed by atoms with E-state index in [9.17, 15) is 5.11 Å². The van der Waals surface area contributed by atoms with E-state index in [4.69, 9.17) is 24.5 Å². The van der Waals surface area contributed by atoms with Gasteiger partial charge in [0.1, 0.15) is 18.3 Å². The molecule has 1 fully saturated rings. The number of aliphatic hydroxyl groups excluding tert-OH is 1. The Morgan fingerprint density at radius 2 is 1.52 bits per heavy atom. The van der Waals surface area contributed by atoms with Crippen molar-refractivity contribution < 1.29 is 24.1 Å². The highest BCUT2D eigenvalue weighted by Crippen LogP contribution is 2.25. The first-order valence-corrected chi connectivity index (χ1v) is 9.51. The SMILES string of the molecule is [N-]=[N+]=NCCO[C@@H]1OC[C@@H](O)[C@H](OCc2ccccc2)[C@H]1OCc1ccccc1. The Labute approximate surface area is 169 Å². The molecule has 154 valence electrons. The van der Waals surface area contributed by atoms with Crippen molar-refractivity contribution in [3.05, 3.63) is 82.2 Å². The quantitative estimate of drug-likeness (QED) is 0.286. The molecule has 8 nitrogen and oxygen atoms in total. The molecule has 0 radical (unpaired) electrons. The van der Waals surface area contributed by atoms with Crippen LogP contribution in [0.4, 0.5) is 0 Å². The highest BCUT2D eigenvalue weighted by atomic mass is 16.7. The van der Waals surface area contributed by atoms with Gasteiger partial charge < -0.3 is 24.1 Å². The molecule has 1 saturated heterocycles. The largest absolute Gasteiger partial charge is 0.388 e. The lowest BCUT2D eigenvalue weighted by Gasteiger charge is -2.40. The average Bonchev–Trinajstić information content (AvgIpc) is 2.77. The number of ether oxygens (including phenoxy) is 4. The van der Waals surface area contributed by atoms with E-state index >= 15 is 0 Å². The minimum absolute atomic E-state index is 0.0663. The fraction of sp³-hybridized carbons (Fsp3) is 0.429. The van der Waals surface area contributed by atoms with E-state index in [0.29, 0.717) is 13.2 Å². The van der Waals surface area contributed by atoms with Crippen LogP contribution >= 0.6 is 0 Å². The molecule has 4 atom stereocenters. The highest BCUT2D eigenvalue weighted by Gasteiger charge is 2.42. The number of nitrogens with zero attached hydrogens (tertiary/aromatic N) is 3. The Hall–Kier alpha value is -2.45. The van der Waals surface area contributed by atoms with Crippen LogP contribution in [0.5, 0.6) is 0 Å². The van der Waals surface area contributed by atoms with Crippen LogP contribution in [0.1, 0.15) is 11.1 Å². The van der Waals surface area contributed by atoms with Crippen LogP contribution in [-0.2, 0) is 32.2 Å². The first kappa shape index (κ1) is 21.3. The van der Waals surface area contributed by atoms with Crippen LogP contribution in [0, 0.1) is 0 Å². The Balaban J connectivity index is 1.68. The van der Waals surface area contributed by atoms with Gasteiger partial charge in [-0.1, -0.05) is 65.8 Å². The van der Waals surface area contributed by atoms with E-state index in [1.165, 1.54) is 0 Å². The summed E-state index contributed by atoms with van der Waals surface area (Å²) in [5, 5.41) is 14.0. The molecule has 0 spiro atoms. The molecule has 1 heterocycles. The van der Waals surface area contributed by atoms with Crippen LogP contribution < -0.4 is 0 Å². The molecule has 0 bridgehead atoms. The molecule has 0 aliphatic carbocycles. The van der Waals surface area contributed by atoms with Gasteiger partial charge in [0, 0.05) is 11.5 Å². The fourth-order valence-corrected chi connectivity index (χ4v) is 3.07. The van der Waals surface area contributed by atoms with Gasteiger partial charge in [0.2, 0.25) is 0 Å². The third-order valence-corrected chi connectivity index (χ3v) is 4.51. The molecular weight excluding hydrogens is 374 g/mol. The summed E-state index contributed by atoms with van der Waals surface area (Å²) in [6.45, 7) is 1.08. The van der Waals surface area contributed by atoms with Crippen molar-refractivity contribution in [3.8, 4) is 0 Å². The van der Waals surface area contributed by atoms with Gasteiger partial charge >= 0.3 is 0 Å². The Morgan fingerprint density at radius 1 is 0.931 bits per heavy atom. The van der Waals surface area contributed by atoms with Gasteiger partial charge in [-0.2, -0.15) is 0 Å². The molecule has 8 heteroatoms. The zero-order valence-corrected chi connectivity index (χ0v) is 16.0. The van der Waals surface area contributed by atoms with Crippen LogP contribution in [0.2, 0.25) is 0 Å². The van der Waals surface area contributed by atoms with Crippen molar-refractivity contribution in [2.75, 3.05) is 19.8 Å².